The van der Waals surface area contributed by atoms with Crippen molar-refractivity contribution in [2.45, 2.75) is 57.5 Å². The molecule has 3 aliphatic rings. The van der Waals surface area contributed by atoms with Gasteiger partial charge in [0.25, 0.3) is 6.43 Å². The van der Waals surface area contributed by atoms with E-state index >= 15 is 0 Å². The third-order valence-electron chi connectivity index (χ3n) is 6.78. The van der Waals surface area contributed by atoms with Gasteiger partial charge in [0.1, 0.15) is 11.9 Å². The van der Waals surface area contributed by atoms with E-state index in [2.05, 4.69) is 20.3 Å². The summed E-state index contributed by atoms with van der Waals surface area (Å²) in [5, 5.41) is 3.22. The van der Waals surface area contributed by atoms with E-state index in [1.807, 2.05) is 4.90 Å². The topological polar surface area (TPSA) is 77.3 Å². The molecule has 36 heavy (non-hydrogen) atoms. The number of benzene rings is 1. The number of hydrogen-bond donors (Lipinski definition) is 1. The normalized spacial score (nSPS) is 18.9. The van der Waals surface area contributed by atoms with Gasteiger partial charge in [0.15, 0.2) is 5.82 Å². The third kappa shape index (κ3) is 5.92. The SMILES string of the molecule is C1CCNC1.FC(F)c1nc2ccccc2n1-c1cc(OC2CCCCC2)nc(N2CCOCC2)n1. The molecule has 1 aromatic carbocycles. The van der Waals surface area contributed by atoms with Crippen molar-refractivity contribution in [2.75, 3.05) is 44.3 Å². The molecule has 0 unspecified atom stereocenters. The van der Waals surface area contributed by atoms with Crippen LogP contribution in [0.1, 0.15) is 57.2 Å². The highest BCUT2D eigenvalue weighted by Gasteiger charge is 2.24. The summed E-state index contributed by atoms with van der Waals surface area (Å²) in [6.07, 6.45) is 5.54. The maximum Gasteiger partial charge on any atom is 0.296 e. The number of ether oxygens (including phenoxy) is 2. The molecule has 2 aromatic heterocycles. The van der Waals surface area contributed by atoms with Crippen molar-refractivity contribution in [3.63, 3.8) is 0 Å². The minimum absolute atomic E-state index is 0.0862. The van der Waals surface area contributed by atoms with Gasteiger partial charge in [-0.3, -0.25) is 4.57 Å². The molecule has 6 rings (SSSR count). The molecule has 3 fully saturated rings. The number of halogens is 2. The van der Waals surface area contributed by atoms with Crippen molar-refractivity contribution < 1.29 is 18.3 Å². The first kappa shape index (κ1) is 24.8. The quantitative estimate of drug-likeness (QED) is 0.546. The van der Waals surface area contributed by atoms with Crippen molar-refractivity contribution in [1.29, 1.82) is 0 Å². The molecule has 4 heterocycles. The largest absolute Gasteiger partial charge is 0.474 e. The number of nitrogens with one attached hydrogen (secondary N) is 1. The fourth-order valence-electron chi connectivity index (χ4n) is 4.89. The Labute approximate surface area is 210 Å². The summed E-state index contributed by atoms with van der Waals surface area (Å²) in [5.74, 6) is 0.878. The summed E-state index contributed by atoms with van der Waals surface area (Å²) in [4.78, 5) is 15.4. The molecule has 10 heteroatoms. The van der Waals surface area contributed by atoms with Crippen LogP contribution >= 0.6 is 0 Å². The number of imidazole rings is 1. The highest BCUT2D eigenvalue weighted by Crippen LogP contribution is 2.30. The van der Waals surface area contributed by atoms with Crippen LogP contribution in [0.15, 0.2) is 30.3 Å². The lowest BCUT2D eigenvalue weighted by atomic mass is 9.98. The van der Waals surface area contributed by atoms with E-state index < -0.39 is 6.43 Å². The fourth-order valence-corrected chi connectivity index (χ4v) is 4.89. The van der Waals surface area contributed by atoms with Gasteiger partial charge in [0, 0.05) is 19.2 Å². The second-order valence-electron chi connectivity index (χ2n) is 9.39. The molecule has 0 bridgehead atoms. The Balaban J connectivity index is 0.000000477. The molecule has 1 aliphatic carbocycles. The van der Waals surface area contributed by atoms with Crippen LogP contribution in [0.5, 0.6) is 5.88 Å². The minimum Gasteiger partial charge on any atom is -0.474 e. The fraction of sp³-hybridized carbons (Fsp3) is 0.577. The Morgan fingerprint density at radius 3 is 2.39 bits per heavy atom. The van der Waals surface area contributed by atoms with Gasteiger partial charge >= 0.3 is 0 Å². The first-order valence-electron chi connectivity index (χ1n) is 13.0. The summed E-state index contributed by atoms with van der Waals surface area (Å²) in [6, 6.07) is 8.73. The molecule has 0 spiro atoms. The molecule has 1 N–H and O–H groups in total. The average molecular weight is 501 g/mol. The van der Waals surface area contributed by atoms with Crippen molar-refractivity contribution in [2.24, 2.45) is 0 Å². The first-order chi connectivity index (χ1) is 17.7. The zero-order chi connectivity index (χ0) is 24.7. The number of anilines is 1. The van der Waals surface area contributed by atoms with Crippen LogP contribution in [0, 0.1) is 0 Å². The van der Waals surface area contributed by atoms with E-state index in [-0.39, 0.29) is 11.9 Å². The summed E-state index contributed by atoms with van der Waals surface area (Å²) in [6.45, 7) is 4.92. The molecule has 0 atom stereocenters. The number of rotatable bonds is 5. The lowest BCUT2D eigenvalue weighted by Crippen LogP contribution is -2.37. The molecule has 0 amide bonds. The van der Waals surface area contributed by atoms with Crippen molar-refractivity contribution in [3.8, 4) is 11.7 Å². The van der Waals surface area contributed by atoms with Crippen molar-refractivity contribution in [3.05, 3.63) is 36.2 Å². The molecule has 194 valence electrons. The predicted octanol–water partition coefficient (Wildman–Crippen LogP) is 4.67. The van der Waals surface area contributed by atoms with Gasteiger partial charge in [-0.2, -0.15) is 9.97 Å². The van der Waals surface area contributed by atoms with Gasteiger partial charge in [-0.15, -0.1) is 0 Å². The Bertz CT molecular complexity index is 1120. The smallest absolute Gasteiger partial charge is 0.296 e. The van der Waals surface area contributed by atoms with Gasteiger partial charge in [-0.05, 0) is 63.7 Å². The van der Waals surface area contributed by atoms with E-state index in [1.54, 1.807) is 30.3 Å². The molecule has 8 nitrogen and oxygen atoms in total. The Hall–Kier alpha value is -2.85. The molecular formula is C26H34F2N6O2. The maximum atomic E-state index is 13.9. The number of morpholine rings is 1. The number of nitrogens with zero attached hydrogens (tertiary/aromatic N) is 5. The Kier molecular flexibility index (Phi) is 8.22. The highest BCUT2D eigenvalue weighted by molar-refractivity contribution is 5.78. The zero-order valence-corrected chi connectivity index (χ0v) is 20.5. The van der Waals surface area contributed by atoms with Crippen LogP contribution in [-0.4, -0.2) is 65.0 Å². The monoisotopic (exact) mass is 500 g/mol. The number of aromatic nitrogens is 4. The molecule has 0 radical (unpaired) electrons. The Morgan fingerprint density at radius 2 is 1.69 bits per heavy atom. The van der Waals surface area contributed by atoms with Crippen LogP contribution in [-0.2, 0) is 4.74 Å². The molecule has 2 saturated heterocycles. The van der Waals surface area contributed by atoms with E-state index in [0.717, 1.165) is 25.7 Å². The number of para-hydroxylation sites is 2. The van der Waals surface area contributed by atoms with Gasteiger partial charge in [-0.25, -0.2) is 13.8 Å². The molecule has 1 saturated carbocycles. The van der Waals surface area contributed by atoms with Crippen LogP contribution in [0.3, 0.4) is 0 Å². The summed E-state index contributed by atoms with van der Waals surface area (Å²) < 4.78 is 40.9. The van der Waals surface area contributed by atoms with Crippen LogP contribution < -0.4 is 15.0 Å². The summed E-state index contributed by atoms with van der Waals surface area (Å²) >= 11 is 0. The van der Waals surface area contributed by atoms with Crippen LogP contribution in [0.4, 0.5) is 14.7 Å². The van der Waals surface area contributed by atoms with E-state index in [1.165, 1.54) is 36.9 Å². The number of fused-ring (bicyclic) bond motifs is 1. The van der Waals surface area contributed by atoms with Gasteiger partial charge in [0.2, 0.25) is 11.8 Å². The van der Waals surface area contributed by atoms with Crippen molar-refractivity contribution in [1.82, 2.24) is 24.8 Å². The van der Waals surface area contributed by atoms with Gasteiger partial charge in [-0.1, -0.05) is 18.6 Å². The molecular weight excluding hydrogens is 466 g/mol. The first-order valence-corrected chi connectivity index (χ1v) is 13.0. The standard InChI is InChI=1S/C22H25F2N5O2.C4H9N/c23-20(24)21-25-16-8-4-5-9-17(16)29(21)18-14-19(31-15-6-2-1-3-7-15)27-22(26-18)28-10-12-30-13-11-28;1-2-4-5-3-1/h4-5,8-9,14-15,20H,1-3,6-7,10-13H2;5H,1-4H2. The summed E-state index contributed by atoms with van der Waals surface area (Å²) in [5.41, 5.74) is 1.08. The van der Waals surface area contributed by atoms with Crippen LogP contribution in [0.2, 0.25) is 0 Å². The highest BCUT2D eigenvalue weighted by atomic mass is 19.3. The van der Waals surface area contributed by atoms with Gasteiger partial charge in [0.05, 0.1) is 24.2 Å². The maximum absolute atomic E-state index is 13.9. The van der Waals surface area contributed by atoms with Crippen LogP contribution in [0.25, 0.3) is 16.9 Å². The zero-order valence-electron chi connectivity index (χ0n) is 20.5. The lowest BCUT2D eigenvalue weighted by molar-refractivity contribution is 0.121. The Morgan fingerprint density at radius 1 is 0.944 bits per heavy atom. The third-order valence-corrected chi connectivity index (χ3v) is 6.78. The lowest BCUT2D eigenvalue weighted by Gasteiger charge is -2.28. The van der Waals surface area contributed by atoms with E-state index in [9.17, 15) is 8.78 Å². The van der Waals surface area contributed by atoms with Gasteiger partial charge < -0.3 is 19.7 Å². The van der Waals surface area contributed by atoms with E-state index in [4.69, 9.17) is 9.47 Å². The minimum atomic E-state index is -2.74. The molecule has 2 aliphatic heterocycles. The average Bonchev–Trinajstić information content (AvgIpc) is 3.62. The second kappa shape index (κ2) is 11.9. The van der Waals surface area contributed by atoms with Crippen molar-refractivity contribution >= 4 is 17.0 Å². The second-order valence-corrected chi connectivity index (χ2v) is 9.39. The number of alkyl halides is 2. The van der Waals surface area contributed by atoms with E-state index in [0.29, 0.717) is 55.0 Å². The summed E-state index contributed by atoms with van der Waals surface area (Å²) in [7, 11) is 0. The molecule has 3 aromatic rings. The number of hydrogen-bond acceptors (Lipinski definition) is 7. The predicted molar refractivity (Wildman–Crippen MR) is 134 cm³/mol.